The number of anilines is 1. The number of nitrogens with zero attached hydrogens (tertiary/aromatic N) is 3. The van der Waals surface area contributed by atoms with Crippen LogP contribution in [-0.2, 0) is 13.0 Å². The van der Waals surface area contributed by atoms with E-state index in [-0.39, 0.29) is 0 Å². The number of likely N-dealkylation sites (tertiary alicyclic amines) is 1. The molecule has 3 aromatic rings. The molecule has 1 atom stereocenters. The Morgan fingerprint density at radius 3 is 2.71 bits per heavy atom. The van der Waals surface area contributed by atoms with Gasteiger partial charge in [0.25, 0.3) is 0 Å². The van der Waals surface area contributed by atoms with Crippen molar-refractivity contribution in [3.8, 4) is 5.69 Å². The van der Waals surface area contributed by atoms with Crippen LogP contribution in [0.2, 0.25) is 0 Å². The summed E-state index contributed by atoms with van der Waals surface area (Å²) in [6.45, 7) is 8.73. The fourth-order valence-corrected chi connectivity index (χ4v) is 5.17. The first-order valence-corrected chi connectivity index (χ1v) is 11.9. The number of rotatable bonds is 4. The molecular weight excluding hydrogens is 380 g/mol. The third kappa shape index (κ3) is 4.27. The van der Waals surface area contributed by atoms with E-state index in [1.165, 1.54) is 71.7 Å². The Morgan fingerprint density at radius 2 is 1.87 bits per heavy atom. The van der Waals surface area contributed by atoms with Gasteiger partial charge in [-0.2, -0.15) is 5.10 Å². The van der Waals surface area contributed by atoms with Gasteiger partial charge in [-0.3, -0.25) is 4.90 Å². The maximum absolute atomic E-state index is 5.27. The molecule has 1 unspecified atom stereocenters. The second-order valence-corrected chi connectivity index (χ2v) is 9.34. The largest absolute Gasteiger partial charge is 0.370 e. The second-order valence-electron chi connectivity index (χ2n) is 9.34. The first kappa shape index (κ1) is 20.3. The average Bonchev–Trinajstić information content (AvgIpc) is 2.97. The summed E-state index contributed by atoms with van der Waals surface area (Å²) >= 11 is 0. The van der Waals surface area contributed by atoms with Gasteiger partial charge in [-0.05, 0) is 81.3 Å². The first-order valence-electron chi connectivity index (χ1n) is 11.9. The van der Waals surface area contributed by atoms with E-state index in [1.807, 2.05) is 0 Å². The topological polar surface area (TPSA) is 33.1 Å². The molecule has 162 valence electrons. The lowest BCUT2D eigenvalue weighted by Gasteiger charge is -2.32. The van der Waals surface area contributed by atoms with Gasteiger partial charge in [-0.15, -0.1) is 0 Å². The van der Waals surface area contributed by atoms with Crippen LogP contribution in [0, 0.1) is 13.8 Å². The van der Waals surface area contributed by atoms with Gasteiger partial charge < -0.3 is 5.32 Å². The van der Waals surface area contributed by atoms with Crippen LogP contribution >= 0.6 is 0 Å². The Balaban J connectivity index is 1.47. The Bertz CT molecular complexity index is 1040. The summed E-state index contributed by atoms with van der Waals surface area (Å²) in [6.07, 6.45) is 6.09. The van der Waals surface area contributed by atoms with Gasteiger partial charge in [0.1, 0.15) is 5.82 Å². The van der Waals surface area contributed by atoms with Crippen LogP contribution in [0.25, 0.3) is 5.69 Å². The molecule has 3 heterocycles. The van der Waals surface area contributed by atoms with Gasteiger partial charge in [0, 0.05) is 31.1 Å². The molecule has 4 nitrogen and oxygen atoms in total. The van der Waals surface area contributed by atoms with Gasteiger partial charge in [-0.25, -0.2) is 4.68 Å². The lowest BCUT2D eigenvalue weighted by atomic mass is 9.91. The minimum Gasteiger partial charge on any atom is -0.370 e. The highest BCUT2D eigenvalue weighted by Gasteiger charge is 2.29. The highest BCUT2D eigenvalue weighted by atomic mass is 15.3. The predicted octanol–water partition coefficient (Wildman–Crippen LogP) is 5.62. The molecule has 1 fully saturated rings. The fourth-order valence-electron chi connectivity index (χ4n) is 5.17. The molecule has 31 heavy (non-hydrogen) atoms. The molecule has 2 aliphatic rings. The molecule has 0 amide bonds. The predicted molar refractivity (Wildman–Crippen MR) is 128 cm³/mol. The van der Waals surface area contributed by atoms with Crippen LogP contribution < -0.4 is 5.32 Å². The number of fused-ring (bicyclic) bond motifs is 1. The first-order chi connectivity index (χ1) is 15.2. The van der Waals surface area contributed by atoms with E-state index in [0.29, 0.717) is 5.92 Å². The number of nitrogens with one attached hydrogen (secondary N) is 1. The number of aromatic nitrogens is 2. The maximum atomic E-state index is 5.27. The lowest BCUT2D eigenvalue weighted by Crippen LogP contribution is -2.34. The molecule has 5 rings (SSSR count). The minimum atomic E-state index is 0.513. The van der Waals surface area contributed by atoms with Gasteiger partial charge in [0.2, 0.25) is 0 Å². The summed E-state index contributed by atoms with van der Waals surface area (Å²) in [4.78, 5) is 2.62. The van der Waals surface area contributed by atoms with E-state index < -0.39 is 0 Å². The van der Waals surface area contributed by atoms with E-state index in [1.54, 1.807) is 0 Å². The van der Waals surface area contributed by atoms with Crippen molar-refractivity contribution in [1.82, 2.24) is 14.7 Å². The molecule has 2 aromatic carbocycles. The van der Waals surface area contributed by atoms with Crippen LogP contribution in [0.1, 0.15) is 59.5 Å². The number of piperidine rings is 1. The van der Waals surface area contributed by atoms with Crippen LogP contribution in [0.15, 0.2) is 48.5 Å². The molecule has 1 saturated heterocycles. The number of hydrogen-bond donors (Lipinski definition) is 1. The van der Waals surface area contributed by atoms with Gasteiger partial charge in [-0.1, -0.05) is 36.4 Å². The molecular formula is C27H34N4. The van der Waals surface area contributed by atoms with Gasteiger partial charge in [0.05, 0.1) is 11.4 Å². The highest BCUT2D eigenvalue weighted by molar-refractivity contribution is 5.56. The zero-order valence-corrected chi connectivity index (χ0v) is 18.9. The molecule has 1 N–H and O–H groups in total. The van der Waals surface area contributed by atoms with Crippen molar-refractivity contribution in [2.24, 2.45) is 0 Å². The number of hydrogen-bond acceptors (Lipinski definition) is 3. The van der Waals surface area contributed by atoms with Crippen molar-refractivity contribution in [3.05, 3.63) is 76.5 Å². The molecule has 1 aromatic heterocycles. The Labute approximate surface area is 186 Å². The highest BCUT2D eigenvalue weighted by Crippen LogP contribution is 2.36. The van der Waals surface area contributed by atoms with Crippen LogP contribution in [0.4, 0.5) is 5.82 Å². The summed E-state index contributed by atoms with van der Waals surface area (Å²) in [6, 6.07) is 17.6. The van der Waals surface area contributed by atoms with Crippen molar-refractivity contribution < 1.29 is 0 Å². The van der Waals surface area contributed by atoms with Crippen molar-refractivity contribution >= 4 is 5.82 Å². The molecule has 0 aliphatic carbocycles. The van der Waals surface area contributed by atoms with Crippen molar-refractivity contribution in [2.45, 2.75) is 58.4 Å². The SMILES string of the molecule is Cc1ccc(-n2nc(C3CCCN(Cc4ccccc4)C3)c3c2NCCCC3)cc1C. The van der Waals surface area contributed by atoms with E-state index in [4.69, 9.17) is 5.10 Å². The van der Waals surface area contributed by atoms with E-state index >= 15 is 0 Å². The monoisotopic (exact) mass is 414 g/mol. The average molecular weight is 415 g/mol. The summed E-state index contributed by atoms with van der Waals surface area (Å²) in [7, 11) is 0. The van der Waals surface area contributed by atoms with Crippen LogP contribution in [-0.4, -0.2) is 34.3 Å². The van der Waals surface area contributed by atoms with Crippen LogP contribution in [0.3, 0.4) is 0 Å². The summed E-state index contributed by atoms with van der Waals surface area (Å²) in [5.74, 6) is 1.75. The summed E-state index contributed by atoms with van der Waals surface area (Å²) in [5, 5.41) is 8.99. The third-order valence-electron chi connectivity index (χ3n) is 7.04. The summed E-state index contributed by atoms with van der Waals surface area (Å²) in [5.41, 5.74) is 8.03. The smallest absolute Gasteiger partial charge is 0.133 e. The van der Waals surface area contributed by atoms with E-state index in [2.05, 4.69) is 77.3 Å². The Morgan fingerprint density at radius 1 is 1.00 bits per heavy atom. The van der Waals surface area contributed by atoms with Crippen molar-refractivity contribution in [1.29, 1.82) is 0 Å². The molecule has 0 bridgehead atoms. The normalized spacial score (nSPS) is 19.5. The van der Waals surface area contributed by atoms with Gasteiger partial charge >= 0.3 is 0 Å². The standard InChI is InChI=1S/C27H34N4/c1-20-13-14-24(17-21(20)2)31-27-25(12-6-7-15-28-27)26(29-31)23-11-8-16-30(19-23)18-22-9-4-3-5-10-22/h3-5,9-10,13-14,17,23,28H,6-8,11-12,15-16,18-19H2,1-2H3. The Hall–Kier alpha value is -2.59. The maximum Gasteiger partial charge on any atom is 0.133 e. The molecule has 0 radical (unpaired) electrons. The number of benzene rings is 2. The van der Waals surface area contributed by atoms with Crippen LogP contribution in [0.5, 0.6) is 0 Å². The second kappa shape index (κ2) is 8.88. The number of aryl methyl sites for hydroxylation is 2. The molecule has 4 heteroatoms. The van der Waals surface area contributed by atoms with Crippen molar-refractivity contribution in [2.75, 3.05) is 25.0 Å². The molecule has 0 saturated carbocycles. The fraction of sp³-hybridized carbons (Fsp3) is 0.444. The zero-order chi connectivity index (χ0) is 21.2. The van der Waals surface area contributed by atoms with E-state index in [0.717, 1.165) is 26.1 Å². The molecule has 2 aliphatic heterocycles. The lowest BCUT2D eigenvalue weighted by molar-refractivity contribution is 0.198. The third-order valence-corrected chi connectivity index (χ3v) is 7.04. The Kier molecular flexibility index (Phi) is 5.82. The summed E-state index contributed by atoms with van der Waals surface area (Å²) < 4.78 is 2.19. The zero-order valence-electron chi connectivity index (χ0n) is 18.9. The molecule has 0 spiro atoms. The van der Waals surface area contributed by atoms with Gasteiger partial charge in [0.15, 0.2) is 0 Å². The van der Waals surface area contributed by atoms with Crippen molar-refractivity contribution in [3.63, 3.8) is 0 Å². The minimum absolute atomic E-state index is 0.513. The van der Waals surface area contributed by atoms with E-state index in [9.17, 15) is 0 Å². The quantitative estimate of drug-likeness (QED) is 0.602.